The van der Waals surface area contributed by atoms with Crippen LogP contribution in [0, 0.1) is 17.2 Å². The molecule has 5 aromatic rings. The summed E-state index contributed by atoms with van der Waals surface area (Å²) in [5.74, 6) is -0.667. The molecule has 10 heterocycles. The summed E-state index contributed by atoms with van der Waals surface area (Å²) in [7, 11) is 0. The van der Waals surface area contributed by atoms with Gasteiger partial charge in [0.15, 0.2) is 11.6 Å². The molecule has 2 N–H and O–H groups in total. The highest BCUT2D eigenvalue weighted by molar-refractivity contribution is 6.10. The largest absolute Gasteiger partial charge is 0.370 e. The maximum absolute atomic E-state index is 15.3. The number of amides is 5. The van der Waals surface area contributed by atoms with Gasteiger partial charge in [-0.05, 0) is 133 Å². The number of piperidine rings is 5. The Bertz CT molecular complexity index is 3070. The standard InChI is InChI=1S/C58H69FN12O5/c1-36(2)70-35-62-48-32-47(64-52(51(48)70)63-46-13-20-60-34-44(46)59)38-7-10-43-49(29-38)71(41-30-40(31-41)66-21-5-4-6-22-66)56(76)58(43)18-27-69(28-19-58)55(75)57(3)16-25-68(26-17-57)54(74)37-14-23-67(24-15-37)39-8-11-45(61-33-39)42-9-12-50(72)65-53(42)73/h7-8,10-11,13,20,29,32-37,40-42H,4-6,9,12,14-19,21-28,30-31H2,1-3H3,(H,60,63,64)(H,65,72,73). The summed E-state index contributed by atoms with van der Waals surface area (Å²) >= 11 is 0. The molecule has 1 saturated carbocycles. The Balaban J connectivity index is 0.722. The topological polar surface area (TPSA) is 182 Å². The first-order valence-electron chi connectivity index (χ1n) is 27.9. The quantitative estimate of drug-likeness (QED) is 0.131. The third-order valence-corrected chi connectivity index (χ3v) is 18.4. The number of likely N-dealkylation sites (tertiary alicyclic amines) is 3. The highest BCUT2D eigenvalue weighted by Gasteiger charge is 2.56. The molecule has 0 bridgehead atoms. The Kier molecular flexibility index (Phi) is 13.1. The molecule has 17 nitrogen and oxygen atoms in total. The zero-order valence-electron chi connectivity index (χ0n) is 44.0. The van der Waals surface area contributed by atoms with Crippen LogP contribution >= 0.6 is 0 Å². The van der Waals surface area contributed by atoms with Crippen LogP contribution in [-0.4, -0.2) is 133 Å². The van der Waals surface area contributed by atoms with E-state index in [2.05, 4.69) is 74.3 Å². The number of nitrogens with zero attached hydrogens (tertiary/aromatic N) is 10. The van der Waals surface area contributed by atoms with E-state index < -0.39 is 22.6 Å². The van der Waals surface area contributed by atoms with Crippen LogP contribution in [0.25, 0.3) is 22.3 Å². The van der Waals surface area contributed by atoms with Crippen molar-refractivity contribution >= 4 is 63.4 Å². The van der Waals surface area contributed by atoms with Gasteiger partial charge in [0, 0.05) is 92.6 Å². The summed E-state index contributed by atoms with van der Waals surface area (Å²) in [6.45, 7) is 11.9. The first kappa shape index (κ1) is 50.0. The fourth-order valence-corrected chi connectivity index (χ4v) is 13.6. The summed E-state index contributed by atoms with van der Waals surface area (Å²) in [6, 6.07) is 14.3. The first-order chi connectivity index (χ1) is 36.8. The van der Waals surface area contributed by atoms with Crippen LogP contribution in [0.1, 0.15) is 127 Å². The minimum Gasteiger partial charge on any atom is -0.370 e. The van der Waals surface area contributed by atoms with Crippen molar-refractivity contribution < 1.29 is 28.4 Å². The number of anilines is 4. The lowest BCUT2D eigenvalue weighted by molar-refractivity contribution is -0.150. The normalized spacial score (nSPS) is 24.0. The van der Waals surface area contributed by atoms with Crippen LogP contribution in [0.15, 0.2) is 67.4 Å². The smallest absolute Gasteiger partial charge is 0.238 e. The summed E-state index contributed by atoms with van der Waals surface area (Å²) < 4.78 is 17.1. The number of aromatic nitrogens is 5. The number of hydrogen-bond acceptors (Lipinski definition) is 12. The fourth-order valence-electron chi connectivity index (χ4n) is 13.6. The van der Waals surface area contributed by atoms with Crippen molar-refractivity contribution in [1.82, 2.24) is 44.5 Å². The van der Waals surface area contributed by atoms with Crippen molar-refractivity contribution in [3.63, 3.8) is 0 Å². The van der Waals surface area contributed by atoms with Gasteiger partial charge in [-0.25, -0.2) is 14.4 Å². The van der Waals surface area contributed by atoms with Gasteiger partial charge in [0.25, 0.3) is 0 Å². The summed E-state index contributed by atoms with van der Waals surface area (Å²) in [5.41, 5.74) is 5.41. The summed E-state index contributed by atoms with van der Waals surface area (Å²) in [6.07, 6.45) is 16.3. The van der Waals surface area contributed by atoms with Crippen molar-refractivity contribution in [3.05, 3.63) is 84.5 Å². The number of fused-ring (bicyclic) bond motifs is 3. The predicted octanol–water partition coefficient (Wildman–Crippen LogP) is 7.64. The number of carbonyl (C=O) groups is 5. The average molecular weight is 1030 g/mol. The molecular formula is C58H69FN12O5. The Hall–Kier alpha value is -6.82. The van der Waals surface area contributed by atoms with E-state index in [9.17, 15) is 19.2 Å². The number of imide groups is 1. The lowest BCUT2D eigenvalue weighted by Crippen LogP contribution is -2.59. The van der Waals surface area contributed by atoms with Gasteiger partial charge in [-0.3, -0.25) is 39.3 Å². The maximum atomic E-state index is 15.3. The van der Waals surface area contributed by atoms with E-state index in [-0.39, 0.29) is 53.2 Å². The van der Waals surface area contributed by atoms with Crippen LogP contribution in [-0.2, 0) is 29.4 Å². The van der Waals surface area contributed by atoms with Crippen LogP contribution in [0.4, 0.5) is 27.3 Å². The molecule has 0 radical (unpaired) electrons. The molecule has 12 rings (SSSR count). The van der Waals surface area contributed by atoms with E-state index in [1.165, 1.54) is 25.5 Å². The third kappa shape index (κ3) is 8.96. The molecule has 1 unspecified atom stereocenters. The van der Waals surface area contributed by atoms with Gasteiger partial charge in [-0.2, -0.15) is 0 Å². The van der Waals surface area contributed by atoms with Gasteiger partial charge in [-0.1, -0.05) is 25.5 Å². The van der Waals surface area contributed by atoms with Crippen LogP contribution in [0.5, 0.6) is 0 Å². The minimum absolute atomic E-state index is 0.0686. The predicted molar refractivity (Wildman–Crippen MR) is 286 cm³/mol. The summed E-state index contributed by atoms with van der Waals surface area (Å²) in [4.78, 5) is 97.3. The van der Waals surface area contributed by atoms with Gasteiger partial charge in [-0.15, -0.1) is 0 Å². The molecule has 7 aliphatic rings. The highest BCUT2D eigenvalue weighted by atomic mass is 19.1. The number of imidazole rings is 1. The second-order valence-electron chi connectivity index (χ2n) is 23.2. The molecule has 4 aromatic heterocycles. The number of nitrogens with one attached hydrogen (secondary N) is 2. The van der Waals surface area contributed by atoms with E-state index in [0.717, 1.165) is 85.4 Å². The van der Waals surface area contributed by atoms with Crippen LogP contribution in [0.2, 0.25) is 0 Å². The number of carbonyl (C=O) groups excluding carboxylic acids is 5. The molecule has 1 atom stereocenters. The van der Waals surface area contributed by atoms with E-state index in [0.29, 0.717) is 88.0 Å². The first-order valence-corrected chi connectivity index (χ1v) is 27.9. The SMILES string of the molecule is CC(C)n1cnc2cc(-c3ccc4c(c3)N(C3CC(N5CCCCC5)C3)C(=O)C43CCN(C(=O)C4(C)CCN(C(=O)C5CCN(c6ccc(C7CCC(=O)NC7=O)nc6)CC5)CC4)CC3)nc(Nc3ccncc3F)c21. The second kappa shape index (κ2) is 20.0. The van der Waals surface area contributed by atoms with E-state index >= 15 is 9.18 Å². The third-order valence-electron chi connectivity index (χ3n) is 18.4. The molecule has 5 saturated heterocycles. The van der Waals surface area contributed by atoms with Gasteiger partial charge < -0.3 is 34.4 Å². The molecule has 6 fully saturated rings. The zero-order chi connectivity index (χ0) is 52.5. The zero-order valence-corrected chi connectivity index (χ0v) is 44.0. The van der Waals surface area contributed by atoms with Gasteiger partial charge in [0.05, 0.1) is 58.3 Å². The molecule has 5 amide bonds. The van der Waals surface area contributed by atoms with Crippen LogP contribution < -0.4 is 20.4 Å². The number of halogens is 1. The highest BCUT2D eigenvalue weighted by Crippen LogP contribution is 2.53. The lowest BCUT2D eigenvalue weighted by Gasteiger charge is -2.48. The number of benzene rings is 1. The molecule has 1 aromatic carbocycles. The maximum Gasteiger partial charge on any atom is 0.238 e. The Labute approximate surface area is 443 Å². The number of pyridine rings is 3. The molecule has 1 aliphatic carbocycles. The average Bonchev–Trinajstić information content (AvgIpc) is 4.18. The van der Waals surface area contributed by atoms with Crippen molar-refractivity contribution in [3.8, 4) is 11.3 Å². The Morgan fingerprint density at radius 2 is 1.57 bits per heavy atom. The monoisotopic (exact) mass is 1030 g/mol. The Morgan fingerprint density at radius 1 is 0.816 bits per heavy atom. The molecule has 398 valence electrons. The van der Waals surface area contributed by atoms with E-state index in [4.69, 9.17) is 9.97 Å². The molecule has 1 spiro atoms. The van der Waals surface area contributed by atoms with Gasteiger partial charge in [0.1, 0.15) is 5.52 Å². The number of hydrogen-bond donors (Lipinski definition) is 2. The van der Waals surface area contributed by atoms with Crippen molar-refractivity contribution in [2.75, 3.05) is 67.5 Å². The second-order valence-corrected chi connectivity index (χ2v) is 23.2. The molecule has 6 aliphatic heterocycles. The minimum atomic E-state index is -0.762. The molecular weight excluding hydrogens is 964 g/mol. The van der Waals surface area contributed by atoms with Crippen molar-refractivity contribution in [2.24, 2.45) is 11.3 Å². The van der Waals surface area contributed by atoms with Gasteiger partial charge in [0.2, 0.25) is 29.5 Å². The Morgan fingerprint density at radius 3 is 2.26 bits per heavy atom. The molecule has 18 heteroatoms. The van der Waals surface area contributed by atoms with E-state index in [1.54, 1.807) is 24.8 Å². The fraction of sp³-hybridized carbons (Fsp3) is 0.534. The van der Waals surface area contributed by atoms with Gasteiger partial charge >= 0.3 is 0 Å². The van der Waals surface area contributed by atoms with Crippen LogP contribution in [0.3, 0.4) is 0 Å². The summed E-state index contributed by atoms with van der Waals surface area (Å²) in [5, 5.41) is 5.66. The molecule has 76 heavy (non-hydrogen) atoms. The van der Waals surface area contributed by atoms with Crippen molar-refractivity contribution in [1.29, 1.82) is 0 Å². The number of rotatable bonds is 10. The van der Waals surface area contributed by atoms with E-state index in [1.807, 2.05) is 32.6 Å². The van der Waals surface area contributed by atoms with Crippen molar-refractivity contribution in [2.45, 2.75) is 134 Å². The lowest BCUT2D eigenvalue weighted by atomic mass is 9.72.